The Hall–Kier alpha value is -2.63. The van der Waals surface area contributed by atoms with Gasteiger partial charge in [-0.25, -0.2) is 4.79 Å². The second kappa shape index (κ2) is 12.3. The first-order valence-electron chi connectivity index (χ1n) is 11.4. The van der Waals surface area contributed by atoms with E-state index in [-0.39, 0.29) is 29.1 Å². The number of aromatic amines is 1. The Bertz CT molecular complexity index is 929. The van der Waals surface area contributed by atoms with Crippen molar-refractivity contribution < 1.29 is 9.53 Å². The molecule has 1 aromatic carbocycles. The fraction of sp³-hybridized carbons (Fsp3) is 0.560. The van der Waals surface area contributed by atoms with Gasteiger partial charge >= 0.3 is 11.7 Å². The van der Waals surface area contributed by atoms with E-state index in [0.717, 1.165) is 37.7 Å². The molecule has 31 heavy (non-hydrogen) atoms. The van der Waals surface area contributed by atoms with E-state index in [1.807, 2.05) is 30.3 Å². The number of benzene rings is 1. The van der Waals surface area contributed by atoms with Crippen LogP contribution in [0.25, 0.3) is 11.1 Å². The Morgan fingerprint density at radius 1 is 1.00 bits per heavy atom. The number of carbonyl (C=O) groups is 1. The molecule has 0 amide bonds. The van der Waals surface area contributed by atoms with Gasteiger partial charge in [0.1, 0.15) is 0 Å². The number of unbranched alkanes of at least 4 members (excludes halogenated alkanes) is 3. The standard InChI is InChI=1S/C25H36N2O4/c1-18(2)16-21(19(3)4)24(29)31-15-11-6-5-10-14-27-17-22(23(28)26-25(27)30)20-12-8-7-9-13-20/h7-9,12-13,17-19,21H,5-6,10-11,14-16H2,1-4H3,(H,26,28,30). The molecular formula is C25H36N2O4. The van der Waals surface area contributed by atoms with Crippen molar-refractivity contribution in [1.29, 1.82) is 0 Å². The normalized spacial score (nSPS) is 12.3. The molecule has 2 rings (SSSR count). The number of aryl methyl sites for hydroxylation is 1. The first-order valence-corrected chi connectivity index (χ1v) is 11.4. The maximum absolute atomic E-state index is 12.3. The van der Waals surface area contributed by atoms with E-state index in [0.29, 0.717) is 24.6 Å². The van der Waals surface area contributed by atoms with Crippen LogP contribution in [0.5, 0.6) is 0 Å². The van der Waals surface area contributed by atoms with Crippen LogP contribution < -0.4 is 11.2 Å². The average Bonchev–Trinajstić information content (AvgIpc) is 2.72. The molecule has 0 saturated carbocycles. The van der Waals surface area contributed by atoms with E-state index in [4.69, 9.17) is 4.74 Å². The van der Waals surface area contributed by atoms with Crippen LogP contribution in [0.2, 0.25) is 0 Å². The lowest BCUT2D eigenvalue weighted by Crippen LogP contribution is -2.30. The fourth-order valence-corrected chi connectivity index (χ4v) is 3.66. The molecule has 0 aliphatic rings. The minimum atomic E-state index is -0.386. The lowest BCUT2D eigenvalue weighted by molar-refractivity contribution is -0.151. The number of carbonyl (C=O) groups excluding carboxylic acids is 1. The first-order chi connectivity index (χ1) is 14.8. The molecule has 0 spiro atoms. The second-order valence-electron chi connectivity index (χ2n) is 8.92. The van der Waals surface area contributed by atoms with Crippen LogP contribution in [0.4, 0.5) is 0 Å². The number of hydrogen-bond acceptors (Lipinski definition) is 4. The summed E-state index contributed by atoms with van der Waals surface area (Å²) in [4.78, 5) is 39.0. The molecule has 1 heterocycles. The van der Waals surface area contributed by atoms with E-state index in [2.05, 4.69) is 32.7 Å². The summed E-state index contributed by atoms with van der Waals surface area (Å²) >= 11 is 0. The first kappa shape index (κ1) is 24.6. The molecule has 0 radical (unpaired) electrons. The predicted molar refractivity (Wildman–Crippen MR) is 124 cm³/mol. The minimum absolute atomic E-state index is 0.0362. The number of nitrogens with zero attached hydrogens (tertiary/aromatic N) is 1. The zero-order chi connectivity index (χ0) is 22.8. The van der Waals surface area contributed by atoms with Crippen molar-refractivity contribution in [2.75, 3.05) is 6.61 Å². The van der Waals surface area contributed by atoms with E-state index >= 15 is 0 Å². The van der Waals surface area contributed by atoms with Gasteiger partial charge in [0.2, 0.25) is 0 Å². The van der Waals surface area contributed by atoms with Crippen LogP contribution in [0.15, 0.2) is 46.1 Å². The van der Waals surface area contributed by atoms with Gasteiger partial charge < -0.3 is 4.74 Å². The van der Waals surface area contributed by atoms with Crippen LogP contribution in [-0.2, 0) is 16.1 Å². The number of H-pyrrole nitrogens is 1. The minimum Gasteiger partial charge on any atom is -0.465 e. The molecular weight excluding hydrogens is 392 g/mol. The number of nitrogens with one attached hydrogen (secondary N) is 1. The van der Waals surface area contributed by atoms with Gasteiger partial charge in [0.25, 0.3) is 5.56 Å². The third-order valence-electron chi connectivity index (χ3n) is 5.47. The van der Waals surface area contributed by atoms with Gasteiger partial charge in [-0.15, -0.1) is 0 Å². The lowest BCUT2D eigenvalue weighted by Gasteiger charge is -2.21. The van der Waals surface area contributed by atoms with Crippen LogP contribution in [0.3, 0.4) is 0 Å². The largest absolute Gasteiger partial charge is 0.465 e. The van der Waals surface area contributed by atoms with E-state index in [1.165, 1.54) is 0 Å². The predicted octanol–water partition coefficient (Wildman–Crippen LogP) is 4.63. The Kier molecular flexibility index (Phi) is 9.76. The van der Waals surface area contributed by atoms with Crippen molar-refractivity contribution >= 4 is 5.97 Å². The molecule has 6 heteroatoms. The quantitative estimate of drug-likeness (QED) is 0.395. The maximum atomic E-state index is 12.3. The van der Waals surface area contributed by atoms with Crippen molar-refractivity contribution in [3.8, 4) is 11.1 Å². The third kappa shape index (κ3) is 7.85. The number of hydrogen-bond donors (Lipinski definition) is 1. The van der Waals surface area contributed by atoms with E-state index in [1.54, 1.807) is 10.8 Å². The highest BCUT2D eigenvalue weighted by Gasteiger charge is 2.24. The number of aromatic nitrogens is 2. The average molecular weight is 429 g/mol. The monoisotopic (exact) mass is 428 g/mol. The van der Waals surface area contributed by atoms with E-state index in [9.17, 15) is 14.4 Å². The lowest BCUT2D eigenvalue weighted by atomic mass is 9.88. The van der Waals surface area contributed by atoms with Crippen molar-refractivity contribution in [2.24, 2.45) is 17.8 Å². The van der Waals surface area contributed by atoms with Gasteiger partial charge in [-0.1, -0.05) is 64.4 Å². The van der Waals surface area contributed by atoms with Crippen molar-refractivity contribution in [3.05, 3.63) is 57.4 Å². The zero-order valence-electron chi connectivity index (χ0n) is 19.2. The van der Waals surface area contributed by atoms with Gasteiger partial charge in [-0.2, -0.15) is 0 Å². The highest BCUT2D eigenvalue weighted by Crippen LogP contribution is 2.22. The van der Waals surface area contributed by atoms with Crippen molar-refractivity contribution in [1.82, 2.24) is 9.55 Å². The molecule has 1 aromatic heterocycles. The summed E-state index contributed by atoms with van der Waals surface area (Å²) in [5, 5.41) is 0. The van der Waals surface area contributed by atoms with Crippen molar-refractivity contribution in [2.45, 2.75) is 66.3 Å². The summed E-state index contributed by atoms with van der Waals surface area (Å²) in [6.07, 6.45) is 5.97. The number of ether oxygens (including phenoxy) is 1. The van der Waals surface area contributed by atoms with Gasteiger partial charge in [-0.3, -0.25) is 19.1 Å². The summed E-state index contributed by atoms with van der Waals surface area (Å²) in [5.41, 5.74) is 0.527. The summed E-state index contributed by atoms with van der Waals surface area (Å²) in [6.45, 7) is 9.36. The third-order valence-corrected chi connectivity index (χ3v) is 5.47. The highest BCUT2D eigenvalue weighted by atomic mass is 16.5. The summed E-state index contributed by atoms with van der Waals surface area (Å²) in [6, 6.07) is 9.32. The Morgan fingerprint density at radius 2 is 1.68 bits per heavy atom. The smallest absolute Gasteiger partial charge is 0.328 e. The Labute approximate surface area is 184 Å². The van der Waals surface area contributed by atoms with Gasteiger partial charge in [0.15, 0.2) is 0 Å². The molecule has 170 valence electrons. The zero-order valence-corrected chi connectivity index (χ0v) is 19.2. The van der Waals surface area contributed by atoms with Crippen LogP contribution in [0, 0.1) is 17.8 Å². The van der Waals surface area contributed by atoms with Gasteiger partial charge in [0.05, 0.1) is 18.1 Å². The molecule has 2 aromatic rings. The molecule has 1 unspecified atom stereocenters. The van der Waals surface area contributed by atoms with Crippen molar-refractivity contribution in [3.63, 3.8) is 0 Å². The molecule has 6 nitrogen and oxygen atoms in total. The topological polar surface area (TPSA) is 81.2 Å². The molecule has 1 atom stereocenters. The van der Waals surface area contributed by atoms with Crippen LogP contribution in [0.1, 0.15) is 59.8 Å². The molecule has 0 saturated heterocycles. The second-order valence-corrected chi connectivity index (χ2v) is 8.92. The maximum Gasteiger partial charge on any atom is 0.328 e. The van der Waals surface area contributed by atoms with Crippen LogP contribution >= 0.6 is 0 Å². The summed E-state index contributed by atoms with van der Waals surface area (Å²) in [7, 11) is 0. The number of rotatable bonds is 12. The molecule has 0 bridgehead atoms. The summed E-state index contributed by atoms with van der Waals surface area (Å²) in [5.74, 6) is 0.632. The molecule has 0 aliphatic carbocycles. The molecule has 1 N–H and O–H groups in total. The van der Waals surface area contributed by atoms with Gasteiger partial charge in [-0.05, 0) is 43.1 Å². The SMILES string of the molecule is CC(C)CC(C(=O)OCCCCCCn1cc(-c2ccccc2)c(=O)[nH]c1=O)C(C)C. The van der Waals surface area contributed by atoms with Gasteiger partial charge in [0, 0.05) is 12.7 Å². The Balaban J connectivity index is 1.76. The fourth-order valence-electron chi connectivity index (χ4n) is 3.66. The molecule has 0 fully saturated rings. The molecule has 0 aliphatic heterocycles. The Morgan fingerprint density at radius 3 is 2.32 bits per heavy atom. The van der Waals surface area contributed by atoms with E-state index < -0.39 is 0 Å². The highest BCUT2D eigenvalue weighted by molar-refractivity contribution is 5.72. The van der Waals surface area contributed by atoms with Crippen LogP contribution in [-0.4, -0.2) is 22.1 Å². The summed E-state index contributed by atoms with van der Waals surface area (Å²) < 4.78 is 7.05. The number of esters is 1.